The van der Waals surface area contributed by atoms with E-state index >= 15 is 0 Å². The van der Waals surface area contributed by atoms with Crippen molar-refractivity contribution in [1.82, 2.24) is 9.80 Å². The molecule has 2 aliphatic heterocycles. The molecule has 0 aromatic heterocycles. The highest BCUT2D eigenvalue weighted by atomic mass is 19.1. The Kier molecular flexibility index (Phi) is 6.70. The number of carbonyl (C=O) groups excluding carboxylic acids is 2. The molecule has 0 aliphatic carbocycles. The molecule has 0 spiro atoms. The molecule has 1 aromatic carbocycles. The zero-order valence-corrected chi connectivity index (χ0v) is 16.7. The molecule has 1 aromatic rings. The normalized spacial score (nSPS) is 25.2. The van der Waals surface area contributed by atoms with Gasteiger partial charge in [-0.1, -0.05) is 19.1 Å². The molecule has 0 bridgehead atoms. The van der Waals surface area contributed by atoms with Gasteiger partial charge in [-0.3, -0.25) is 9.59 Å². The third kappa shape index (κ3) is 4.54. The minimum atomic E-state index is -0.402. The summed E-state index contributed by atoms with van der Waals surface area (Å²) in [6, 6.07) is 5.97. The van der Waals surface area contributed by atoms with Gasteiger partial charge in [0.1, 0.15) is 11.9 Å². The average Bonchev–Trinajstić information content (AvgIpc) is 3.14. The van der Waals surface area contributed by atoms with Gasteiger partial charge in [-0.05, 0) is 56.2 Å². The van der Waals surface area contributed by atoms with Gasteiger partial charge in [0.25, 0.3) is 0 Å². The van der Waals surface area contributed by atoms with Crippen LogP contribution in [0.3, 0.4) is 0 Å². The highest BCUT2D eigenvalue weighted by Gasteiger charge is 2.43. The highest BCUT2D eigenvalue weighted by Crippen LogP contribution is 2.35. The van der Waals surface area contributed by atoms with Crippen molar-refractivity contribution in [1.29, 1.82) is 0 Å². The zero-order chi connectivity index (χ0) is 20.1. The van der Waals surface area contributed by atoms with Gasteiger partial charge in [-0.2, -0.15) is 0 Å². The molecule has 2 aliphatic rings. The summed E-state index contributed by atoms with van der Waals surface area (Å²) in [5.41, 5.74) is 0.558. The van der Waals surface area contributed by atoms with E-state index in [2.05, 4.69) is 0 Å². The monoisotopic (exact) mass is 390 g/mol. The fourth-order valence-corrected chi connectivity index (χ4v) is 4.54. The van der Waals surface area contributed by atoms with Gasteiger partial charge in [-0.15, -0.1) is 0 Å². The second-order valence-electron chi connectivity index (χ2n) is 8.32. The lowest BCUT2D eigenvalue weighted by Gasteiger charge is -2.37. The number of amides is 2. The largest absolute Gasteiger partial charge is 0.396 e. The maximum atomic E-state index is 13.2. The number of aliphatic hydroxyl groups excluding tert-OH is 1. The molecule has 2 heterocycles. The number of halogens is 1. The second-order valence-corrected chi connectivity index (χ2v) is 8.32. The van der Waals surface area contributed by atoms with Crippen molar-refractivity contribution in [3.05, 3.63) is 35.6 Å². The Balaban J connectivity index is 1.69. The molecule has 2 amide bonds. The van der Waals surface area contributed by atoms with Crippen molar-refractivity contribution >= 4 is 11.8 Å². The molecule has 2 fully saturated rings. The SMILES string of the molecule is CCCC(=O)N1CCCCC1C(=O)N1CCC(CO)(Cc2ccc(F)cc2)C1. The van der Waals surface area contributed by atoms with Crippen LogP contribution in [-0.4, -0.2) is 59.0 Å². The van der Waals surface area contributed by atoms with Gasteiger partial charge in [0.15, 0.2) is 0 Å². The second kappa shape index (κ2) is 9.03. The van der Waals surface area contributed by atoms with E-state index in [1.54, 1.807) is 17.0 Å². The van der Waals surface area contributed by atoms with E-state index in [9.17, 15) is 19.1 Å². The molecule has 0 radical (unpaired) electrons. The number of nitrogens with zero attached hydrogens (tertiary/aromatic N) is 2. The van der Waals surface area contributed by atoms with Crippen LogP contribution in [0.4, 0.5) is 4.39 Å². The van der Waals surface area contributed by atoms with E-state index in [4.69, 9.17) is 0 Å². The van der Waals surface area contributed by atoms with Crippen LogP contribution < -0.4 is 0 Å². The van der Waals surface area contributed by atoms with E-state index < -0.39 is 5.41 Å². The minimum absolute atomic E-state index is 0.0126. The first-order valence-corrected chi connectivity index (χ1v) is 10.4. The molecule has 2 saturated heterocycles. The molecule has 2 unspecified atom stereocenters. The lowest BCUT2D eigenvalue weighted by molar-refractivity contribution is -0.147. The molecule has 1 N–H and O–H groups in total. The topological polar surface area (TPSA) is 60.9 Å². The van der Waals surface area contributed by atoms with Crippen molar-refractivity contribution in [2.24, 2.45) is 5.41 Å². The maximum absolute atomic E-state index is 13.2. The van der Waals surface area contributed by atoms with Gasteiger partial charge in [0.2, 0.25) is 11.8 Å². The predicted octanol–water partition coefficient (Wildman–Crippen LogP) is 2.76. The molecule has 2 atom stereocenters. The van der Waals surface area contributed by atoms with E-state index in [1.807, 2.05) is 11.8 Å². The first kappa shape index (κ1) is 20.8. The Morgan fingerprint density at radius 1 is 1.21 bits per heavy atom. The standard InChI is InChI=1S/C22H31FN2O3/c1-2-5-20(27)25-12-4-3-6-19(25)21(28)24-13-11-22(15-24,16-26)14-17-7-9-18(23)10-8-17/h7-10,19,26H,2-6,11-16H2,1H3. The Morgan fingerprint density at radius 2 is 1.96 bits per heavy atom. The summed E-state index contributed by atoms with van der Waals surface area (Å²) in [7, 11) is 0. The van der Waals surface area contributed by atoms with Crippen molar-refractivity contribution < 1.29 is 19.1 Å². The van der Waals surface area contributed by atoms with E-state index in [0.29, 0.717) is 38.9 Å². The summed E-state index contributed by atoms with van der Waals surface area (Å²) in [5, 5.41) is 10.1. The summed E-state index contributed by atoms with van der Waals surface area (Å²) >= 11 is 0. The van der Waals surface area contributed by atoms with Crippen LogP contribution in [0.5, 0.6) is 0 Å². The third-order valence-electron chi connectivity index (χ3n) is 6.15. The summed E-state index contributed by atoms with van der Waals surface area (Å²) in [4.78, 5) is 29.3. The molecular formula is C22H31FN2O3. The summed E-state index contributed by atoms with van der Waals surface area (Å²) in [6.07, 6.45) is 5.21. The first-order valence-electron chi connectivity index (χ1n) is 10.4. The number of benzene rings is 1. The number of likely N-dealkylation sites (tertiary alicyclic amines) is 2. The Labute approximate surface area is 166 Å². The molecule has 0 saturated carbocycles. The van der Waals surface area contributed by atoms with Crippen LogP contribution in [0, 0.1) is 11.2 Å². The molecule has 154 valence electrons. The van der Waals surface area contributed by atoms with Crippen molar-refractivity contribution in [2.45, 2.75) is 57.9 Å². The summed E-state index contributed by atoms with van der Waals surface area (Å²) < 4.78 is 13.2. The summed E-state index contributed by atoms with van der Waals surface area (Å²) in [6.45, 7) is 3.68. The van der Waals surface area contributed by atoms with Crippen LogP contribution in [0.25, 0.3) is 0 Å². The fraction of sp³-hybridized carbons (Fsp3) is 0.636. The van der Waals surface area contributed by atoms with E-state index in [0.717, 1.165) is 31.2 Å². The fourth-order valence-electron chi connectivity index (χ4n) is 4.54. The van der Waals surface area contributed by atoms with Gasteiger partial charge in [0.05, 0.1) is 6.61 Å². The lowest BCUT2D eigenvalue weighted by Crippen LogP contribution is -2.53. The molecule has 5 nitrogen and oxygen atoms in total. The number of rotatable bonds is 6. The predicted molar refractivity (Wildman–Crippen MR) is 105 cm³/mol. The number of hydrogen-bond donors (Lipinski definition) is 1. The Morgan fingerprint density at radius 3 is 2.64 bits per heavy atom. The van der Waals surface area contributed by atoms with Crippen LogP contribution in [-0.2, 0) is 16.0 Å². The van der Waals surface area contributed by atoms with Gasteiger partial charge in [0, 0.05) is 31.5 Å². The molecular weight excluding hydrogens is 359 g/mol. The van der Waals surface area contributed by atoms with Crippen molar-refractivity contribution in [2.75, 3.05) is 26.2 Å². The van der Waals surface area contributed by atoms with Crippen LogP contribution >= 0.6 is 0 Å². The van der Waals surface area contributed by atoms with Crippen molar-refractivity contribution in [3.63, 3.8) is 0 Å². The van der Waals surface area contributed by atoms with E-state index in [-0.39, 0.29) is 30.3 Å². The maximum Gasteiger partial charge on any atom is 0.245 e. The molecule has 3 rings (SSSR count). The van der Waals surface area contributed by atoms with Crippen molar-refractivity contribution in [3.8, 4) is 0 Å². The number of piperidine rings is 1. The Hall–Kier alpha value is -1.95. The quantitative estimate of drug-likeness (QED) is 0.813. The third-order valence-corrected chi connectivity index (χ3v) is 6.15. The zero-order valence-electron chi connectivity index (χ0n) is 16.7. The number of aliphatic hydroxyl groups is 1. The smallest absolute Gasteiger partial charge is 0.245 e. The van der Waals surface area contributed by atoms with Gasteiger partial charge < -0.3 is 14.9 Å². The van der Waals surface area contributed by atoms with Crippen LogP contribution in [0.2, 0.25) is 0 Å². The van der Waals surface area contributed by atoms with Crippen LogP contribution in [0.15, 0.2) is 24.3 Å². The number of carbonyl (C=O) groups is 2. The Bertz CT molecular complexity index is 694. The summed E-state index contributed by atoms with van der Waals surface area (Å²) in [5.74, 6) is -0.197. The van der Waals surface area contributed by atoms with Crippen LogP contribution in [0.1, 0.15) is 51.0 Å². The lowest BCUT2D eigenvalue weighted by atomic mass is 9.81. The van der Waals surface area contributed by atoms with E-state index in [1.165, 1.54) is 12.1 Å². The first-order chi connectivity index (χ1) is 13.5. The molecule has 28 heavy (non-hydrogen) atoms. The highest BCUT2D eigenvalue weighted by molar-refractivity contribution is 5.88. The van der Waals surface area contributed by atoms with Gasteiger partial charge in [-0.25, -0.2) is 4.39 Å². The minimum Gasteiger partial charge on any atom is -0.396 e. The molecule has 6 heteroatoms. The average molecular weight is 390 g/mol. The van der Waals surface area contributed by atoms with Gasteiger partial charge >= 0.3 is 0 Å². The number of hydrogen-bond acceptors (Lipinski definition) is 3.